The number of likely N-dealkylation sites (N-methyl/N-ethyl adjacent to an activating group) is 1. The smallest absolute Gasteiger partial charge is 0.238 e. The van der Waals surface area contributed by atoms with Gasteiger partial charge in [-0.2, -0.15) is 4.31 Å². The van der Waals surface area contributed by atoms with Crippen molar-refractivity contribution in [3.63, 3.8) is 0 Å². The van der Waals surface area contributed by atoms with Gasteiger partial charge in [0.05, 0.1) is 25.4 Å². The lowest BCUT2D eigenvalue weighted by Gasteiger charge is -2.27. The molecule has 1 aromatic carbocycles. The summed E-state index contributed by atoms with van der Waals surface area (Å²) in [5.74, 6) is 0.694. The molecule has 0 aliphatic carbocycles. The molecule has 1 heterocycles. The predicted octanol–water partition coefficient (Wildman–Crippen LogP) is 1.25. The van der Waals surface area contributed by atoms with Gasteiger partial charge in [0.25, 0.3) is 0 Å². The molecular formula is C15H22N2O4S. The van der Waals surface area contributed by atoms with Crippen molar-refractivity contribution in [1.82, 2.24) is 9.21 Å². The van der Waals surface area contributed by atoms with Crippen LogP contribution in [0.2, 0.25) is 0 Å². The number of rotatable bonds is 5. The summed E-state index contributed by atoms with van der Waals surface area (Å²) in [6.45, 7) is 2.26. The van der Waals surface area contributed by atoms with Gasteiger partial charge in [0.1, 0.15) is 5.75 Å². The zero-order valence-electron chi connectivity index (χ0n) is 13.2. The monoisotopic (exact) mass is 326 g/mol. The van der Waals surface area contributed by atoms with E-state index < -0.39 is 10.0 Å². The minimum absolute atomic E-state index is 0.0840. The number of amides is 1. The summed E-state index contributed by atoms with van der Waals surface area (Å²) in [6, 6.07) is 7.35. The number of nitrogens with zero attached hydrogens (tertiary/aromatic N) is 2. The maximum Gasteiger partial charge on any atom is 0.238 e. The third-order valence-corrected chi connectivity index (χ3v) is 5.99. The third kappa shape index (κ3) is 3.59. The van der Waals surface area contributed by atoms with Gasteiger partial charge in [0, 0.05) is 13.6 Å². The zero-order valence-corrected chi connectivity index (χ0v) is 14.0. The number of carbonyl (C=O) groups excluding carboxylic acids is 1. The molecule has 1 aliphatic rings. The molecule has 2 rings (SSSR count). The standard InChI is InChI=1S/C15H22N2O4S/c1-12(13-5-7-14(21-3)8-6-13)16(2)15(18)11-17-9-4-10-22(17,19)20/h5-8,12H,4,9-11H2,1-3H3. The van der Waals surface area contributed by atoms with Gasteiger partial charge in [-0.25, -0.2) is 8.42 Å². The molecule has 0 N–H and O–H groups in total. The molecule has 7 heteroatoms. The second-order valence-corrected chi connectivity index (χ2v) is 7.55. The Bertz CT molecular complexity index is 627. The molecular weight excluding hydrogens is 304 g/mol. The first-order chi connectivity index (χ1) is 10.3. The lowest BCUT2D eigenvalue weighted by Crippen LogP contribution is -2.40. The molecule has 122 valence electrons. The topological polar surface area (TPSA) is 66.9 Å². The molecule has 0 radical (unpaired) electrons. The highest BCUT2D eigenvalue weighted by Crippen LogP contribution is 2.22. The first kappa shape index (κ1) is 16.8. The van der Waals surface area contributed by atoms with Crippen LogP contribution in [-0.4, -0.2) is 56.5 Å². The SMILES string of the molecule is COc1ccc(C(C)N(C)C(=O)CN2CCCS2(=O)=O)cc1. The van der Waals surface area contributed by atoms with E-state index in [9.17, 15) is 13.2 Å². The maximum atomic E-state index is 12.3. The zero-order chi connectivity index (χ0) is 16.3. The summed E-state index contributed by atoms with van der Waals surface area (Å²) in [5.41, 5.74) is 0.973. The third-order valence-electron chi connectivity index (χ3n) is 4.09. The largest absolute Gasteiger partial charge is 0.497 e. The Balaban J connectivity index is 2.02. The highest BCUT2D eigenvalue weighted by atomic mass is 32.2. The lowest BCUT2D eigenvalue weighted by molar-refractivity contribution is -0.131. The van der Waals surface area contributed by atoms with Gasteiger partial charge in [-0.3, -0.25) is 4.79 Å². The van der Waals surface area contributed by atoms with Gasteiger partial charge in [0.2, 0.25) is 15.9 Å². The number of methoxy groups -OCH3 is 1. The lowest BCUT2D eigenvalue weighted by atomic mass is 10.1. The Kier molecular flexibility index (Phi) is 5.08. The van der Waals surface area contributed by atoms with Crippen molar-refractivity contribution in [2.75, 3.05) is 33.0 Å². The molecule has 1 unspecified atom stereocenters. The van der Waals surface area contributed by atoms with Crippen LogP contribution in [0, 0.1) is 0 Å². The summed E-state index contributed by atoms with van der Waals surface area (Å²) < 4.78 is 29.9. The van der Waals surface area contributed by atoms with Gasteiger partial charge in [0.15, 0.2) is 0 Å². The average molecular weight is 326 g/mol. The molecule has 1 aromatic rings. The first-order valence-corrected chi connectivity index (χ1v) is 8.83. The number of ether oxygens (including phenoxy) is 1. The summed E-state index contributed by atoms with van der Waals surface area (Å²) in [7, 11) is 0.0504. The average Bonchev–Trinajstić information content (AvgIpc) is 2.84. The Morgan fingerprint density at radius 1 is 1.36 bits per heavy atom. The van der Waals surface area contributed by atoms with E-state index in [0.717, 1.165) is 11.3 Å². The quantitative estimate of drug-likeness (QED) is 0.817. The van der Waals surface area contributed by atoms with Crippen LogP contribution in [0.15, 0.2) is 24.3 Å². The first-order valence-electron chi connectivity index (χ1n) is 7.22. The van der Waals surface area contributed by atoms with Crippen LogP contribution in [0.4, 0.5) is 0 Å². The van der Waals surface area contributed by atoms with Crippen molar-refractivity contribution in [1.29, 1.82) is 0 Å². The fraction of sp³-hybridized carbons (Fsp3) is 0.533. The van der Waals surface area contributed by atoms with Crippen molar-refractivity contribution in [3.8, 4) is 5.75 Å². The van der Waals surface area contributed by atoms with E-state index in [4.69, 9.17) is 4.74 Å². The van der Waals surface area contributed by atoms with Crippen molar-refractivity contribution < 1.29 is 17.9 Å². The van der Waals surface area contributed by atoms with Gasteiger partial charge in [-0.15, -0.1) is 0 Å². The van der Waals surface area contributed by atoms with E-state index in [1.165, 1.54) is 4.31 Å². The van der Waals surface area contributed by atoms with Crippen molar-refractivity contribution in [2.45, 2.75) is 19.4 Å². The van der Waals surface area contributed by atoms with Crippen LogP contribution in [0.3, 0.4) is 0 Å². The number of benzene rings is 1. The Morgan fingerprint density at radius 2 is 2.00 bits per heavy atom. The summed E-state index contributed by atoms with van der Waals surface area (Å²) in [4.78, 5) is 13.9. The van der Waals surface area contributed by atoms with Gasteiger partial charge < -0.3 is 9.64 Å². The van der Waals surface area contributed by atoms with E-state index in [0.29, 0.717) is 13.0 Å². The van der Waals surface area contributed by atoms with Crippen LogP contribution >= 0.6 is 0 Å². The van der Waals surface area contributed by atoms with E-state index in [1.54, 1.807) is 19.1 Å². The van der Waals surface area contributed by atoms with Crippen LogP contribution in [0.5, 0.6) is 5.75 Å². The summed E-state index contributed by atoms with van der Waals surface area (Å²) in [6.07, 6.45) is 0.591. The highest BCUT2D eigenvalue weighted by Gasteiger charge is 2.31. The fourth-order valence-corrected chi connectivity index (χ4v) is 3.92. The molecule has 1 saturated heterocycles. The highest BCUT2D eigenvalue weighted by molar-refractivity contribution is 7.89. The minimum atomic E-state index is -3.25. The number of carbonyl (C=O) groups is 1. The van der Waals surface area contributed by atoms with Gasteiger partial charge >= 0.3 is 0 Å². The second-order valence-electron chi connectivity index (χ2n) is 5.46. The molecule has 0 saturated carbocycles. The molecule has 22 heavy (non-hydrogen) atoms. The Hall–Kier alpha value is -1.60. The summed E-state index contributed by atoms with van der Waals surface area (Å²) >= 11 is 0. The molecule has 1 amide bonds. The predicted molar refractivity (Wildman–Crippen MR) is 84.2 cm³/mol. The minimum Gasteiger partial charge on any atom is -0.497 e. The number of sulfonamides is 1. The normalized spacial score (nSPS) is 18.9. The van der Waals surface area contributed by atoms with E-state index >= 15 is 0 Å². The second kappa shape index (κ2) is 6.66. The molecule has 6 nitrogen and oxygen atoms in total. The molecule has 1 fully saturated rings. The number of hydrogen-bond acceptors (Lipinski definition) is 4. The Morgan fingerprint density at radius 3 is 2.50 bits per heavy atom. The number of hydrogen-bond donors (Lipinski definition) is 0. The van der Waals surface area contributed by atoms with Crippen molar-refractivity contribution in [3.05, 3.63) is 29.8 Å². The summed E-state index contributed by atoms with van der Waals surface area (Å²) in [5, 5.41) is 0. The molecule has 1 atom stereocenters. The molecule has 0 spiro atoms. The van der Waals surface area contributed by atoms with E-state index in [1.807, 2.05) is 31.2 Å². The van der Waals surface area contributed by atoms with Crippen molar-refractivity contribution >= 4 is 15.9 Å². The van der Waals surface area contributed by atoms with Crippen LogP contribution in [0.1, 0.15) is 24.9 Å². The van der Waals surface area contributed by atoms with Crippen LogP contribution in [-0.2, 0) is 14.8 Å². The molecule has 1 aliphatic heterocycles. The molecule has 0 aromatic heterocycles. The van der Waals surface area contributed by atoms with Crippen LogP contribution in [0.25, 0.3) is 0 Å². The van der Waals surface area contributed by atoms with Gasteiger partial charge in [-0.05, 0) is 31.0 Å². The van der Waals surface area contributed by atoms with Crippen LogP contribution < -0.4 is 4.74 Å². The van der Waals surface area contributed by atoms with E-state index in [-0.39, 0.29) is 24.2 Å². The van der Waals surface area contributed by atoms with Gasteiger partial charge in [-0.1, -0.05) is 12.1 Å². The van der Waals surface area contributed by atoms with Crippen molar-refractivity contribution in [2.24, 2.45) is 0 Å². The van der Waals surface area contributed by atoms with E-state index in [2.05, 4.69) is 0 Å². The Labute approximate surface area is 131 Å². The maximum absolute atomic E-state index is 12.3. The fourth-order valence-electron chi connectivity index (χ4n) is 2.45. The molecule has 0 bridgehead atoms.